The van der Waals surface area contributed by atoms with Gasteiger partial charge in [-0.05, 0) is 19.1 Å². The Labute approximate surface area is 120 Å². The van der Waals surface area contributed by atoms with E-state index in [1.165, 1.54) is 23.6 Å². The minimum Gasteiger partial charge on any atom is -0.291 e. The molecule has 4 nitrogen and oxygen atoms in total. The predicted octanol–water partition coefficient (Wildman–Crippen LogP) is 2.85. The van der Waals surface area contributed by atoms with E-state index >= 15 is 0 Å². The van der Waals surface area contributed by atoms with Crippen molar-refractivity contribution in [3.05, 3.63) is 40.2 Å². The first-order valence-corrected chi connectivity index (χ1v) is 6.99. The van der Waals surface area contributed by atoms with Crippen LogP contribution in [-0.2, 0) is 4.79 Å². The van der Waals surface area contributed by atoms with Crippen LogP contribution in [-0.4, -0.2) is 15.5 Å². The van der Waals surface area contributed by atoms with Crippen molar-refractivity contribution in [2.24, 2.45) is 10.4 Å². The van der Waals surface area contributed by atoms with Gasteiger partial charge in [0.1, 0.15) is 0 Å². The van der Waals surface area contributed by atoms with E-state index in [1.54, 1.807) is 10.6 Å². The molecule has 6 heteroatoms. The number of pyridine rings is 1. The Morgan fingerprint density at radius 2 is 2.10 bits per heavy atom. The lowest BCUT2D eigenvalue weighted by atomic mass is 9.96. The van der Waals surface area contributed by atoms with Gasteiger partial charge >= 0.3 is 0 Å². The van der Waals surface area contributed by atoms with Crippen LogP contribution in [0.5, 0.6) is 0 Å². The normalized spacial score (nSPS) is 12.8. The molecular weight excluding hydrogens is 277 g/mol. The van der Waals surface area contributed by atoms with Gasteiger partial charge in [0.2, 0.25) is 5.95 Å². The second kappa shape index (κ2) is 5.28. The molecule has 0 bridgehead atoms. The molecule has 0 saturated carbocycles. The summed E-state index contributed by atoms with van der Waals surface area (Å²) in [5.41, 5.74) is 0.146. The van der Waals surface area contributed by atoms with Crippen LogP contribution in [0.1, 0.15) is 25.6 Å². The maximum absolute atomic E-state index is 12.9. The summed E-state index contributed by atoms with van der Waals surface area (Å²) in [7, 11) is 0. The molecular formula is C14H16FN3OS. The Kier molecular flexibility index (Phi) is 3.85. The van der Waals surface area contributed by atoms with Crippen LogP contribution in [0.25, 0.3) is 5.69 Å². The Bertz CT molecular complexity index is 692. The zero-order valence-corrected chi connectivity index (χ0v) is 12.7. The van der Waals surface area contributed by atoms with Crippen molar-refractivity contribution >= 4 is 17.2 Å². The van der Waals surface area contributed by atoms with Gasteiger partial charge in [0.05, 0.1) is 11.9 Å². The summed E-state index contributed by atoms with van der Waals surface area (Å²) in [6.45, 7) is 7.40. The molecule has 106 valence electrons. The fourth-order valence-corrected chi connectivity index (χ4v) is 2.31. The van der Waals surface area contributed by atoms with Gasteiger partial charge in [0, 0.05) is 16.5 Å². The number of nitrogens with zero attached hydrogens (tertiary/aromatic N) is 3. The molecule has 0 aliphatic heterocycles. The fourth-order valence-electron chi connectivity index (χ4n) is 1.48. The fraction of sp³-hybridized carbons (Fsp3) is 0.357. The molecule has 0 fully saturated rings. The van der Waals surface area contributed by atoms with Gasteiger partial charge < -0.3 is 0 Å². The third kappa shape index (κ3) is 3.19. The van der Waals surface area contributed by atoms with Crippen LogP contribution in [0, 0.1) is 18.3 Å². The quantitative estimate of drug-likeness (QED) is 0.759. The average Bonchev–Trinajstić information content (AvgIpc) is 2.70. The first-order valence-electron chi connectivity index (χ1n) is 6.17. The molecule has 0 aliphatic carbocycles. The van der Waals surface area contributed by atoms with Crippen molar-refractivity contribution in [2.75, 3.05) is 0 Å². The number of carbonyl (C=O) groups excluding carboxylic acids is 1. The first kappa shape index (κ1) is 14.6. The lowest BCUT2D eigenvalue weighted by molar-refractivity contribution is -0.125. The molecule has 1 amide bonds. The van der Waals surface area contributed by atoms with E-state index in [1.807, 2.05) is 33.9 Å². The Morgan fingerprint density at radius 3 is 2.65 bits per heavy atom. The molecule has 2 heterocycles. The summed E-state index contributed by atoms with van der Waals surface area (Å²) >= 11 is 1.41. The van der Waals surface area contributed by atoms with E-state index in [2.05, 4.69) is 9.98 Å². The summed E-state index contributed by atoms with van der Waals surface area (Å²) in [5, 5.41) is 0. The maximum Gasteiger partial charge on any atom is 0.253 e. The van der Waals surface area contributed by atoms with Crippen molar-refractivity contribution in [3.8, 4) is 5.69 Å². The van der Waals surface area contributed by atoms with Crippen molar-refractivity contribution in [1.82, 2.24) is 9.55 Å². The van der Waals surface area contributed by atoms with E-state index < -0.39 is 11.4 Å². The molecule has 2 aromatic rings. The lowest BCUT2D eigenvalue weighted by Crippen LogP contribution is -2.23. The van der Waals surface area contributed by atoms with Crippen molar-refractivity contribution in [2.45, 2.75) is 27.7 Å². The highest BCUT2D eigenvalue weighted by Crippen LogP contribution is 2.15. The summed E-state index contributed by atoms with van der Waals surface area (Å²) < 4.78 is 14.6. The van der Waals surface area contributed by atoms with Crippen LogP contribution in [0.3, 0.4) is 0 Å². The van der Waals surface area contributed by atoms with E-state index in [0.29, 0.717) is 10.5 Å². The second-order valence-electron chi connectivity index (χ2n) is 5.50. The number of hydrogen-bond donors (Lipinski definition) is 0. The van der Waals surface area contributed by atoms with E-state index in [9.17, 15) is 9.18 Å². The Balaban J connectivity index is 2.54. The van der Waals surface area contributed by atoms with E-state index in [-0.39, 0.29) is 5.91 Å². The molecule has 20 heavy (non-hydrogen) atoms. The molecule has 0 radical (unpaired) electrons. The Hall–Kier alpha value is -1.82. The first-order chi connectivity index (χ1) is 9.27. The van der Waals surface area contributed by atoms with Gasteiger partial charge in [0.15, 0.2) is 4.80 Å². The smallest absolute Gasteiger partial charge is 0.253 e. The summed E-state index contributed by atoms with van der Waals surface area (Å²) in [5.74, 6) is -0.728. The summed E-state index contributed by atoms with van der Waals surface area (Å²) in [6.07, 6.45) is 3.27. The number of aryl methyl sites for hydroxylation is 1. The molecule has 0 spiro atoms. The minimum atomic E-state index is -0.537. The molecule has 0 N–H and O–H groups in total. The zero-order valence-electron chi connectivity index (χ0n) is 11.8. The Morgan fingerprint density at radius 1 is 1.40 bits per heavy atom. The van der Waals surface area contributed by atoms with Gasteiger partial charge in [-0.2, -0.15) is 9.38 Å². The summed E-state index contributed by atoms with van der Waals surface area (Å²) in [6, 6.07) is 2.89. The number of rotatable bonds is 1. The van der Waals surface area contributed by atoms with Gasteiger partial charge in [-0.3, -0.25) is 9.36 Å². The van der Waals surface area contributed by atoms with Crippen LogP contribution < -0.4 is 4.80 Å². The zero-order chi connectivity index (χ0) is 14.9. The highest BCUT2D eigenvalue weighted by atomic mass is 32.1. The number of hydrogen-bond acceptors (Lipinski definition) is 3. The highest BCUT2D eigenvalue weighted by Gasteiger charge is 2.20. The second-order valence-corrected chi connectivity index (χ2v) is 6.71. The predicted molar refractivity (Wildman–Crippen MR) is 76.2 cm³/mol. The molecule has 0 aliphatic rings. The number of thiazole rings is 1. The largest absolute Gasteiger partial charge is 0.291 e. The number of amides is 1. The standard InChI is InChI=1S/C14H16FN3OS/c1-9-8-18(10-5-6-11(15)16-7-10)13(20-9)17-12(19)14(2,3)4/h5-8H,1-4H3. The third-order valence-electron chi connectivity index (χ3n) is 2.60. The number of aromatic nitrogens is 2. The van der Waals surface area contributed by atoms with Crippen LogP contribution in [0.15, 0.2) is 29.5 Å². The molecule has 2 rings (SSSR count). The van der Waals surface area contributed by atoms with Gasteiger partial charge in [-0.15, -0.1) is 11.3 Å². The minimum absolute atomic E-state index is 0.192. The maximum atomic E-state index is 12.9. The third-order valence-corrected chi connectivity index (χ3v) is 3.50. The number of carbonyl (C=O) groups is 1. The number of halogens is 1. The van der Waals surface area contributed by atoms with E-state index in [0.717, 1.165) is 4.88 Å². The van der Waals surface area contributed by atoms with E-state index in [4.69, 9.17) is 0 Å². The lowest BCUT2D eigenvalue weighted by Gasteiger charge is -2.11. The molecule has 2 aromatic heterocycles. The van der Waals surface area contributed by atoms with Crippen LogP contribution >= 0.6 is 11.3 Å². The topological polar surface area (TPSA) is 47.2 Å². The molecule has 0 aromatic carbocycles. The van der Waals surface area contributed by atoms with Crippen molar-refractivity contribution in [3.63, 3.8) is 0 Å². The SMILES string of the molecule is Cc1cn(-c2ccc(F)nc2)c(=NC(=O)C(C)(C)C)s1. The molecule has 0 unspecified atom stereocenters. The van der Waals surface area contributed by atoms with Crippen LogP contribution in [0.4, 0.5) is 4.39 Å². The molecule has 0 saturated heterocycles. The highest BCUT2D eigenvalue weighted by molar-refractivity contribution is 7.09. The van der Waals surface area contributed by atoms with Gasteiger partial charge in [-0.25, -0.2) is 4.98 Å². The van der Waals surface area contributed by atoms with Gasteiger partial charge in [0.25, 0.3) is 5.91 Å². The van der Waals surface area contributed by atoms with Crippen LogP contribution in [0.2, 0.25) is 0 Å². The molecule has 0 atom stereocenters. The average molecular weight is 293 g/mol. The monoisotopic (exact) mass is 293 g/mol. The van der Waals surface area contributed by atoms with Crippen molar-refractivity contribution < 1.29 is 9.18 Å². The van der Waals surface area contributed by atoms with Gasteiger partial charge in [-0.1, -0.05) is 20.8 Å². The summed E-state index contributed by atoms with van der Waals surface area (Å²) in [4.78, 5) is 21.4. The van der Waals surface area contributed by atoms with Crippen molar-refractivity contribution in [1.29, 1.82) is 0 Å².